The number of halogens is 6. The monoisotopic (exact) mass is 505 g/mol. The first-order valence-corrected chi connectivity index (χ1v) is 11.0. The molecule has 2 aliphatic rings. The summed E-state index contributed by atoms with van der Waals surface area (Å²) < 4.78 is 88.3. The van der Waals surface area contributed by atoms with Gasteiger partial charge in [0.15, 0.2) is 0 Å². The first-order chi connectivity index (χ1) is 17.0. The van der Waals surface area contributed by atoms with Crippen LogP contribution in [-0.2, 0) is 17.1 Å². The minimum atomic E-state index is -4.70. The summed E-state index contributed by atoms with van der Waals surface area (Å²) in [5.41, 5.74) is 4.41. The number of nitriles is 1. The molecule has 2 heterocycles. The Kier molecular flexibility index (Phi) is 6.62. The maximum Gasteiger partial charge on any atom is 0.416 e. The Morgan fingerprint density at radius 2 is 1.61 bits per heavy atom. The Labute approximate surface area is 203 Å². The van der Waals surface area contributed by atoms with E-state index in [-0.39, 0.29) is 41.4 Å². The molecule has 2 aromatic carbocycles. The van der Waals surface area contributed by atoms with Gasteiger partial charge in [-0.25, -0.2) is 0 Å². The normalized spacial score (nSPS) is 20.3. The number of hydrogen-bond donors (Lipinski definition) is 1. The summed E-state index contributed by atoms with van der Waals surface area (Å²) in [4.78, 5) is 1.85. The summed E-state index contributed by atoms with van der Waals surface area (Å²) in [5.74, 6) is -1.46. The minimum absolute atomic E-state index is 0.0927. The van der Waals surface area contributed by atoms with Crippen LogP contribution in [0.25, 0.3) is 6.08 Å². The predicted molar refractivity (Wildman–Crippen MR) is 121 cm³/mol. The summed E-state index contributed by atoms with van der Waals surface area (Å²) >= 11 is 0. The van der Waals surface area contributed by atoms with Crippen molar-refractivity contribution in [1.29, 1.82) is 5.26 Å². The number of alkyl halides is 6. The van der Waals surface area contributed by atoms with Crippen molar-refractivity contribution in [3.63, 3.8) is 0 Å². The maximum atomic E-state index is 13.9. The maximum absolute atomic E-state index is 13.9. The van der Waals surface area contributed by atoms with E-state index in [0.29, 0.717) is 17.7 Å². The Morgan fingerprint density at radius 1 is 1.00 bits per heavy atom. The van der Waals surface area contributed by atoms with Crippen molar-refractivity contribution in [2.45, 2.75) is 25.2 Å². The van der Waals surface area contributed by atoms with E-state index in [1.807, 2.05) is 17.9 Å². The third-order valence-electron chi connectivity index (χ3n) is 6.23. The molecular formula is C26H21F6N3O. The highest BCUT2D eigenvalue weighted by molar-refractivity contribution is 5.65. The molecule has 0 aromatic heterocycles. The molecule has 0 fully saturated rings. The van der Waals surface area contributed by atoms with Crippen LogP contribution < -0.4 is 5.73 Å². The highest BCUT2D eigenvalue weighted by Gasteiger charge is 2.42. The highest BCUT2D eigenvalue weighted by atomic mass is 19.4. The lowest BCUT2D eigenvalue weighted by Crippen LogP contribution is -2.38. The number of likely N-dealkylation sites (N-methyl/N-ethyl adjacent to an activating group) is 1. The standard InChI is InChI=1S/C26H21F6N3O/c1-2-35-13-16(11-15-7-3-5-9-20(15)25(27,28)29)23-19(14-35)22(18(12-33)24(34)36-23)17-8-4-6-10-21(17)26(30,31)32/h3-11,22H,2,13-14,34H2,1H3/b16-11+. The minimum Gasteiger partial charge on any atom is -0.440 e. The SMILES string of the molecule is CCN1CC2=C(OC(N)=C(C#N)C2c2ccccc2C(F)(F)F)/C(=C/c2ccccc2C(F)(F)F)C1. The van der Waals surface area contributed by atoms with Crippen molar-refractivity contribution in [1.82, 2.24) is 4.90 Å². The smallest absolute Gasteiger partial charge is 0.416 e. The van der Waals surface area contributed by atoms with Crippen LogP contribution in [0.1, 0.15) is 35.1 Å². The number of allylic oxidation sites excluding steroid dienone is 1. The van der Waals surface area contributed by atoms with Crippen LogP contribution in [0.3, 0.4) is 0 Å². The lowest BCUT2D eigenvalue weighted by atomic mass is 9.78. The largest absolute Gasteiger partial charge is 0.440 e. The molecule has 2 N–H and O–H groups in total. The van der Waals surface area contributed by atoms with E-state index in [1.165, 1.54) is 42.5 Å². The topological polar surface area (TPSA) is 62.3 Å². The third kappa shape index (κ3) is 4.71. The van der Waals surface area contributed by atoms with Gasteiger partial charge >= 0.3 is 12.4 Å². The third-order valence-corrected chi connectivity index (χ3v) is 6.23. The van der Waals surface area contributed by atoms with E-state index >= 15 is 0 Å². The number of nitrogens with zero attached hydrogens (tertiary/aromatic N) is 2. The first-order valence-electron chi connectivity index (χ1n) is 11.0. The van der Waals surface area contributed by atoms with E-state index in [1.54, 1.807) is 0 Å². The number of hydrogen-bond acceptors (Lipinski definition) is 4. The van der Waals surface area contributed by atoms with E-state index in [2.05, 4.69) is 0 Å². The van der Waals surface area contributed by atoms with Crippen LogP contribution in [0.4, 0.5) is 26.3 Å². The van der Waals surface area contributed by atoms with Crippen molar-refractivity contribution < 1.29 is 31.1 Å². The van der Waals surface area contributed by atoms with Gasteiger partial charge in [0.2, 0.25) is 5.88 Å². The lowest BCUT2D eigenvalue weighted by Gasteiger charge is -2.38. The molecule has 188 valence electrons. The Morgan fingerprint density at radius 3 is 2.22 bits per heavy atom. The zero-order valence-corrected chi connectivity index (χ0v) is 19.0. The summed E-state index contributed by atoms with van der Waals surface area (Å²) in [6.07, 6.45) is -8.00. The summed E-state index contributed by atoms with van der Waals surface area (Å²) in [7, 11) is 0. The molecule has 0 amide bonds. The molecule has 0 aliphatic carbocycles. The van der Waals surface area contributed by atoms with Gasteiger partial charge in [0, 0.05) is 18.7 Å². The van der Waals surface area contributed by atoms with Gasteiger partial charge in [0.05, 0.1) is 17.0 Å². The second kappa shape index (κ2) is 9.39. The summed E-state index contributed by atoms with van der Waals surface area (Å²) in [5, 5.41) is 9.80. The number of nitrogens with two attached hydrogens (primary N) is 1. The first kappa shape index (κ1) is 25.4. The molecule has 0 radical (unpaired) electrons. The van der Waals surface area contributed by atoms with Crippen molar-refractivity contribution in [3.8, 4) is 6.07 Å². The molecule has 2 aromatic rings. The lowest BCUT2D eigenvalue weighted by molar-refractivity contribution is -0.138. The molecule has 1 atom stereocenters. The van der Waals surface area contributed by atoms with Crippen molar-refractivity contribution >= 4 is 6.08 Å². The van der Waals surface area contributed by atoms with Gasteiger partial charge in [0.1, 0.15) is 17.4 Å². The second-order valence-corrected chi connectivity index (χ2v) is 8.42. The molecule has 0 spiro atoms. The van der Waals surface area contributed by atoms with Crippen LogP contribution in [0.15, 0.2) is 76.9 Å². The summed E-state index contributed by atoms with van der Waals surface area (Å²) in [6, 6.07) is 11.8. The second-order valence-electron chi connectivity index (χ2n) is 8.42. The van der Waals surface area contributed by atoms with Crippen LogP contribution in [-0.4, -0.2) is 24.5 Å². The molecule has 4 nitrogen and oxygen atoms in total. The Hall–Kier alpha value is -3.71. The Balaban J connectivity index is 1.96. The molecule has 0 saturated carbocycles. The molecule has 0 bridgehead atoms. The van der Waals surface area contributed by atoms with Gasteiger partial charge in [-0.3, -0.25) is 4.90 Å². The zero-order chi connectivity index (χ0) is 26.3. The van der Waals surface area contributed by atoms with Crippen LogP contribution in [0.5, 0.6) is 0 Å². The number of ether oxygens (including phenoxy) is 1. The van der Waals surface area contributed by atoms with Crippen LogP contribution in [0, 0.1) is 11.3 Å². The van der Waals surface area contributed by atoms with E-state index in [0.717, 1.165) is 12.1 Å². The molecule has 1 unspecified atom stereocenters. The highest BCUT2D eigenvalue weighted by Crippen LogP contribution is 2.47. The van der Waals surface area contributed by atoms with E-state index in [9.17, 15) is 31.6 Å². The van der Waals surface area contributed by atoms with Crippen LogP contribution >= 0.6 is 0 Å². The average molecular weight is 505 g/mol. The van der Waals surface area contributed by atoms with Crippen molar-refractivity contribution in [2.75, 3.05) is 19.6 Å². The fourth-order valence-corrected chi connectivity index (χ4v) is 4.60. The average Bonchev–Trinajstić information content (AvgIpc) is 2.82. The Bertz CT molecular complexity index is 1310. The predicted octanol–water partition coefficient (Wildman–Crippen LogP) is 6.21. The molecule has 10 heteroatoms. The fourth-order valence-electron chi connectivity index (χ4n) is 4.60. The molecule has 4 rings (SSSR count). The van der Waals surface area contributed by atoms with E-state index in [4.69, 9.17) is 10.5 Å². The van der Waals surface area contributed by atoms with Gasteiger partial charge in [0.25, 0.3) is 0 Å². The van der Waals surface area contributed by atoms with Crippen LogP contribution in [0.2, 0.25) is 0 Å². The van der Waals surface area contributed by atoms with Crippen molar-refractivity contribution in [2.24, 2.45) is 5.73 Å². The fraction of sp³-hybridized carbons (Fsp3) is 0.269. The quantitative estimate of drug-likeness (QED) is 0.505. The van der Waals surface area contributed by atoms with Gasteiger partial charge in [-0.2, -0.15) is 31.6 Å². The zero-order valence-electron chi connectivity index (χ0n) is 19.0. The van der Waals surface area contributed by atoms with Gasteiger partial charge in [-0.1, -0.05) is 43.3 Å². The van der Waals surface area contributed by atoms with Gasteiger partial charge < -0.3 is 10.5 Å². The van der Waals surface area contributed by atoms with Gasteiger partial charge in [-0.15, -0.1) is 0 Å². The van der Waals surface area contributed by atoms with Crippen molar-refractivity contribution in [3.05, 3.63) is 99.1 Å². The van der Waals surface area contributed by atoms with Gasteiger partial charge in [-0.05, 0) is 41.5 Å². The summed E-state index contributed by atoms with van der Waals surface area (Å²) in [6.45, 7) is 2.62. The molecular weight excluding hydrogens is 484 g/mol. The molecule has 0 saturated heterocycles. The number of benzene rings is 2. The molecule has 36 heavy (non-hydrogen) atoms. The number of rotatable bonds is 3. The molecule has 2 aliphatic heterocycles. The van der Waals surface area contributed by atoms with E-state index < -0.39 is 29.4 Å².